The van der Waals surface area contributed by atoms with Crippen molar-refractivity contribution in [1.82, 2.24) is 29.6 Å². The van der Waals surface area contributed by atoms with E-state index in [1.54, 1.807) is 23.0 Å². The second-order valence-corrected chi connectivity index (χ2v) is 6.09. The number of fused-ring (bicyclic) bond motifs is 1. The monoisotopic (exact) mass is 342 g/mol. The summed E-state index contributed by atoms with van der Waals surface area (Å²) in [5.41, 5.74) is 1.83. The Labute approximate surface area is 145 Å². The van der Waals surface area contributed by atoms with Gasteiger partial charge in [0.05, 0.1) is 30.6 Å². The van der Waals surface area contributed by atoms with E-state index in [2.05, 4.69) is 20.1 Å². The average Bonchev–Trinajstić information content (AvgIpc) is 3.27. The van der Waals surface area contributed by atoms with Gasteiger partial charge in [-0.25, -0.2) is 9.97 Å². The maximum absolute atomic E-state index is 12.5. The Hall–Kier alpha value is -2.90. The van der Waals surface area contributed by atoms with Gasteiger partial charge in [0, 0.05) is 26.1 Å². The zero-order valence-electron chi connectivity index (χ0n) is 14.6. The Morgan fingerprint density at radius 3 is 3.00 bits per heavy atom. The molecule has 1 N–H and O–H groups in total. The van der Waals surface area contributed by atoms with Crippen LogP contribution < -0.4 is 4.74 Å². The highest BCUT2D eigenvalue weighted by Gasteiger charge is 2.18. The first-order valence-electron chi connectivity index (χ1n) is 8.17. The fourth-order valence-corrected chi connectivity index (χ4v) is 2.73. The van der Waals surface area contributed by atoms with Crippen molar-refractivity contribution in [2.45, 2.75) is 19.9 Å². The lowest BCUT2D eigenvalue weighted by molar-refractivity contribution is -0.134. The van der Waals surface area contributed by atoms with Crippen LogP contribution >= 0.6 is 0 Å². The molecule has 0 aliphatic carbocycles. The number of hydrogen-bond donors (Lipinski definition) is 1. The maximum atomic E-state index is 12.5. The van der Waals surface area contributed by atoms with Crippen molar-refractivity contribution in [3.8, 4) is 5.75 Å². The highest BCUT2D eigenvalue weighted by molar-refractivity contribution is 5.78. The normalized spacial score (nSPS) is 12.3. The molecule has 1 aromatic carbocycles. The molecule has 0 aliphatic rings. The summed E-state index contributed by atoms with van der Waals surface area (Å²) in [5, 5.41) is 4.04. The van der Waals surface area contributed by atoms with Crippen LogP contribution in [0.2, 0.25) is 0 Å². The van der Waals surface area contributed by atoms with Crippen molar-refractivity contribution < 1.29 is 9.53 Å². The minimum absolute atomic E-state index is 0.0771. The average molecular weight is 342 g/mol. The first-order chi connectivity index (χ1) is 12.1. The first-order valence-corrected chi connectivity index (χ1v) is 8.17. The molecule has 3 aromatic rings. The van der Waals surface area contributed by atoms with Crippen molar-refractivity contribution in [2.75, 3.05) is 20.7 Å². The van der Waals surface area contributed by atoms with Gasteiger partial charge in [0.15, 0.2) is 0 Å². The molecule has 25 heavy (non-hydrogen) atoms. The van der Waals surface area contributed by atoms with Gasteiger partial charge < -0.3 is 14.6 Å². The minimum atomic E-state index is -0.161. The van der Waals surface area contributed by atoms with Crippen molar-refractivity contribution in [1.29, 1.82) is 0 Å². The second-order valence-electron chi connectivity index (χ2n) is 6.09. The third-order valence-corrected chi connectivity index (χ3v) is 4.15. The fraction of sp³-hybridized carbons (Fsp3) is 0.412. The molecule has 0 saturated heterocycles. The number of nitrogens with zero attached hydrogens (tertiary/aromatic N) is 5. The molecule has 1 amide bonds. The highest BCUT2D eigenvalue weighted by Crippen LogP contribution is 2.19. The Kier molecular flexibility index (Phi) is 4.97. The van der Waals surface area contributed by atoms with Crippen LogP contribution in [0.4, 0.5) is 0 Å². The Morgan fingerprint density at radius 2 is 2.28 bits per heavy atom. The SMILES string of the molecule is COc1ccc2nc(CCN(C)C(=O)[C@@H](C)Cn3cncn3)[nH]c2c1. The summed E-state index contributed by atoms with van der Waals surface area (Å²) in [6.07, 6.45) is 3.75. The zero-order chi connectivity index (χ0) is 17.8. The van der Waals surface area contributed by atoms with Crippen LogP contribution in [-0.2, 0) is 17.8 Å². The zero-order valence-corrected chi connectivity index (χ0v) is 14.6. The molecule has 0 unspecified atom stereocenters. The number of benzene rings is 1. The Balaban J connectivity index is 1.57. The summed E-state index contributed by atoms with van der Waals surface area (Å²) >= 11 is 0. The lowest BCUT2D eigenvalue weighted by Gasteiger charge is -2.20. The first kappa shape index (κ1) is 16.9. The predicted molar refractivity (Wildman–Crippen MR) is 93.2 cm³/mol. The third kappa shape index (κ3) is 3.96. The summed E-state index contributed by atoms with van der Waals surface area (Å²) in [7, 11) is 3.45. The van der Waals surface area contributed by atoms with E-state index in [1.165, 1.54) is 6.33 Å². The molecule has 8 heteroatoms. The van der Waals surface area contributed by atoms with Crippen LogP contribution in [0.1, 0.15) is 12.7 Å². The van der Waals surface area contributed by atoms with Crippen molar-refractivity contribution in [3.05, 3.63) is 36.7 Å². The minimum Gasteiger partial charge on any atom is -0.497 e. The summed E-state index contributed by atoms with van der Waals surface area (Å²) in [5.74, 6) is 1.56. The van der Waals surface area contributed by atoms with Crippen LogP contribution in [0.15, 0.2) is 30.9 Å². The van der Waals surface area contributed by atoms with Gasteiger partial charge in [-0.15, -0.1) is 0 Å². The molecule has 0 radical (unpaired) electrons. The van der Waals surface area contributed by atoms with E-state index < -0.39 is 0 Å². The van der Waals surface area contributed by atoms with Crippen molar-refractivity contribution in [3.63, 3.8) is 0 Å². The van der Waals surface area contributed by atoms with E-state index in [4.69, 9.17) is 4.74 Å². The maximum Gasteiger partial charge on any atom is 0.227 e. The summed E-state index contributed by atoms with van der Waals surface area (Å²) in [4.78, 5) is 25.9. The predicted octanol–water partition coefficient (Wildman–Crippen LogP) is 1.50. The number of rotatable bonds is 7. The van der Waals surface area contributed by atoms with Crippen molar-refractivity contribution >= 4 is 16.9 Å². The number of amides is 1. The molecule has 2 aromatic heterocycles. The largest absolute Gasteiger partial charge is 0.497 e. The van der Waals surface area contributed by atoms with Crippen LogP contribution in [0.5, 0.6) is 5.75 Å². The number of ether oxygens (including phenoxy) is 1. The van der Waals surface area contributed by atoms with Gasteiger partial charge in [-0.3, -0.25) is 9.48 Å². The van der Waals surface area contributed by atoms with Gasteiger partial charge in [-0.05, 0) is 12.1 Å². The van der Waals surface area contributed by atoms with Crippen LogP contribution in [0, 0.1) is 5.92 Å². The molecule has 2 heterocycles. The van der Waals surface area contributed by atoms with E-state index in [1.807, 2.05) is 32.2 Å². The molecule has 0 fully saturated rings. The third-order valence-electron chi connectivity index (χ3n) is 4.15. The van der Waals surface area contributed by atoms with E-state index >= 15 is 0 Å². The number of H-pyrrole nitrogens is 1. The molecule has 8 nitrogen and oxygen atoms in total. The number of carbonyl (C=O) groups is 1. The highest BCUT2D eigenvalue weighted by atomic mass is 16.5. The molecule has 0 bridgehead atoms. The number of imidazole rings is 1. The number of carbonyl (C=O) groups excluding carboxylic acids is 1. The summed E-state index contributed by atoms with van der Waals surface area (Å²) in [6, 6.07) is 5.72. The van der Waals surface area contributed by atoms with Crippen LogP contribution in [0.25, 0.3) is 11.0 Å². The number of nitrogens with one attached hydrogen (secondary N) is 1. The smallest absolute Gasteiger partial charge is 0.227 e. The molecule has 0 spiro atoms. The topological polar surface area (TPSA) is 88.9 Å². The lowest BCUT2D eigenvalue weighted by Crippen LogP contribution is -2.35. The van der Waals surface area contributed by atoms with Gasteiger partial charge in [-0.1, -0.05) is 6.92 Å². The summed E-state index contributed by atoms with van der Waals surface area (Å²) < 4.78 is 6.89. The molecule has 0 saturated carbocycles. The fourth-order valence-electron chi connectivity index (χ4n) is 2.73. The molecule has 0 aliphatic heterocycles. The summed E-state index contributed by atoms with van der Waals surface area (Å²) in [6.45, 7) is 3.01. The lowest BCUT2D eigenvalue weighted by atomic mass is 10.1. The van der Waals surface area contributed by atoms with E-state index in [0.717, 1.165) is 22.6 Å². The number of likely N-dealkylation sites (N-methyl/N-ethyl adjacent to an activating group) is 1. The number of methoxy groups -OCH3 is 1. The number of aromatic amines is 1. The van der Waals surface area contributed by atoms with Gasteiger partial charge in [0.2, 0.25) is 5.91 Å². The van der Waals surface area contributed by atoms with Gasteiger partial charge >= 0.3 is 0 Å². The Bertz CT molecular complexity index is 842. The van der Waals surface area contributed by atoms with Gasteiger partial charge in [-0.2, -0.15) is 5.10 Å². The van der Waals surface area contributed by atoms with E-state index in [-0.39, 0.29) is 11.8 Å². The van der Waals surface area contributed by atoms with Crippen molar-refractivity contribution in [2.24, 2.45) is 5.92 Å². The van der Waals surface area contributed by atoms with Gasteiger partial charge in [0.1, 0.15) is 24.2 Å². The van der Waals surface area contributed by atoms with E-state index in [0.29, 0.717) is 19.5 Å². The Morgan fingerprint density at radius 1 is 1.44 bits per heavy atom. The molecule has 132 valence electrons. The van der Waals surface area contributed by atoms with E-state index in [9.17, 15) is 4.79 Å². The number of aromatic nitrogens is 5. The standard InChI is InChI=1S/C17H22N6O2/c1-12(9-23-11-18-10-19-23)17(24)22(2)7-6-16-20-14-5-4-13(25-3)8-15(14)21-16/h4-5,8,10-12H,6-7,9H2,1-3H3,(H,20,21)/t12-/m0/s1. The second kappa shape index (κ2) is 7.33. The molecular weight excluding hydrogens is 320 g/mol. The quantitative estimate of drug-likeness (QED) is 0.703. The molecular formula is C17H22N6O2. The van der Waals surface area contributed by atoms with Crippen LogP contribution in [0.3, 0.4) is 0 Å². The van der Waals surface area contributed by atoms with Gasteiger partial charge in [0.25, 0.3) is 0 Å². The number of hydrogen-bond acceptors (Lipinski definition) is 5. The van der Waals surface area contributed by atoms with Crippen LogP contribution in [-0.4, -0.2) is 56.2 Å². The molecule has 3 rings (SSSR count). The molecule has 1 atom stereocenters.